The molecule has 0 radical (unpaired) electrons. The van der Waals surface area contributed by atoms with Gasteiger partial charge in [-0.25, -0.2) is 0 Å². The van der Waals surface area contributed by atoms with Crippen molar-refractivity contribution in [2.45, 2.75) is 105 Å². The fourth-order valence-corrected chi connectivity index (χ4v) is 11.3. The maximum absolute atomic E-state index is 2.64. The van der Waals surface area contributed by atoms with Gasteiger partial charge in [0.2, 0.25) is 0 Å². The van der Waals surface area contributed by atoms with Crippen LogP contribution >= 0.6 is 0 Å². The SMILES string of the molecule is CC(C)(C)c1cc(N2c3ccccc3B3c4cc(-c5ccccc5)ccc4N(c4cc(C(C)(C)C)cc(C(C)(C)C)c4)c4cc(-c5c(-c6ccccc6)cccc5-c5ccccc5)cc2c43)cc(C(C)(C)C)c1. The smallest absolute Gasteiger partial charge is 0.252 e. The number of hydrogen-bond acceptors (Lipinski definition) is 2. The fraction of sp³-hybridized carbons (Fsp3) is 0.229. The summed E-state index contributed by atoms with van der Waals surface area (Å²) in [6, 6.07) is 76.2. The summed E-state index contributed by atoms with van der Waals surface area (Å²) in [6.07, 6.45) is 0. The zero-order valence-electron chi connectivity index (χ0n) is 45.0. The molecule has 9 aromatic rings. The summed E-state index contributed by atoms with van der Waals surface area (Å²) in [5, 5.41) is 0. The molecular formula is C70H69BN2. The fourth-order valence-electron chi connectivity index (χ4n) is 11.3. The van der Waals surface area contributed by atoms with Crippen LogP contribution in [0, 0.1) is 0 Å². The summed E-state index contributed by atoms with van der Waals surface area (Å²) in [5.74, 6) is 0. The van der Waals surface area contributed by atoms with Gasteiger partial charge in [0.15, 0.2) is 0 Å². The zero-order chi connectivity index (χ0) is 51.2. The van der Waals surface area contributed by atoms with Crippen molar-refractivity contribution in [1.29, 1.82) is 0 Å². The second-order valence-electron chi connectivity index (χ2n) is 24.7. The van der Waals surface area contributed by atoms with Gasteiger partial charge in [-0.3, -0.25) is 0 Å². The third-order valence-corrected chi connectivity index (χ3v) is 15.4. The van der Waals surface area contributed by atoms with Crippen molar-refractivity contribution in [2.24, 2.45) is 0 Å². The van der Waals surface area contributed by atoms with Gasteiger partial charge in [-0.15, -0.1) is 0 Å². The molecule has 0 saturated heterocycles. The highest BCUT2D eigenvalue weighted by molar-refractivity contribution is 7.00. The Morgan fingerprint density at radius 3 is 1.12 bits per heavy atom. The molecule has 0 fully saturated rings. The van der Waals surface area contributed by atoms with Crippen LogP contribution in [-0.2, 0) is 21.7 Å². The Morgan fingerprint density at radius 2 is 0.685 bits per heavy atom. The molecule has 0 unspecified atom stereocenters. The monoisotopic (exact) mass is 949 g/mol. The average Bonchev–Trinajstić information content (AvgIpc) is 3.37. The van der Waals surface area contributed by atoms with Crippen LogP contribution in [-0.4, -0.2) is 6.71 Å². The van der Waals surface area contributed by atoms with Gasteiger partial charge in [0.1, 0.15) is 0 Å². The van der Waals surface area contributed by atoms with Crippen LogP contribution in [0.4, 0.5) is 34.1 Å². The number of rotatable bonds is 6. The van der Waals surface area contributed by atoms with E-state index in [0.717, 1.165) is 0 Å². The lowest BCUT2D eigenvalue weighted by molar-refractivity contribution is 0.568. The molecule has 0 atom stereocenters. The van der Waals surface area contributed by atoms with E-state index in [2.05, 4.69) is 293 Å². The average molecular weight is 949 g/mol. The van der Waals surface area contributed by atoms with E-state index in [1.807, 2.05) is 0 Å². The van der Waals surface area contributed by atoms with Gasteiger partial charge in [-0.05, 0) is 153 Å². The first-order valence-electron chi connectivity index (χ1n) is 26.4. The number of benzene rings is 9. The minimum absolute atomic E-state index is 0.0554. The van der Waals surface area contributed by atoms with Gasteiger partial charge in [0.25, 0.3) is 6.71 Å². The first-order chi connectivity index (χ1) is 34.7. The number of nitrogens with zero attached hydrogens (tertiary/aromatic N) is 2. The molecule has 2 heterocycles. The van der Waals surface area contributed by atoms with Crippen molar-refractivity contribution in [3.63, 3.8) is 0 Å². The molecule has 2 aliphatic heterocycles. The first-order valence-corrected chi connectivity index (χ1v) is 26.4. The van der Waals surface area contributed by atoms with Gasteiger partial charge in [-0.2, -0.15) is 0 Å². The van der Waals surface area contributed by atoms with E-state index in [4.69, 9.17) is 0 Å². The Morgan fingerprint density at radius 1 is 0.288 bits per heavy atom. The summed E-state index contributed by atoms with van der Waals surface area (Å²) in [7, 11) is 0. The highest BCUT2D eigenvalue weighted by Crippen LogP contribution is 2.51. The number of hydrogen-bond donors (Lipinski definition) is 0. The Hall–Kier alpha value is -7.36. The third kappa shape index (κ3) is 8.71. The molecule has 0 saturated carbocycles. The Balaban J connectivity index is 1.33. The van der Waals surface area contributed by atoms with Crippen molar-refractivity contribution < 1.29 is 0 Å². The lowest BCUT2D eigenvalue weighted by Crippen LogP contribution is -2.61. The van der Waals surface area contributed by atoms with Crippen LogP contribution in [0.15, 0.2) is 200 Å². The largest absolute Gasteiger partial charge is 0.311 e. The molecule has 0 amide bonds. The minimum atomic E-state index is -0.0899. The van der Waals surface area contributed by atoms with E-state index in [9.17, 15) is 0 Å². The lowest BCUT2D eigenvalue weighted by atomic mass is 9.33. The van der Waals surface area contributed by atoms with E-state index in [1.165, 1.54) is 117 Å². The normalized spacial score (nSPS) is 13.4. The van der Waals surface area contributed by atoms with Crippen molar-refractivity contribution in [3.8, 4) is 44.5 Å². The summed E-state index contributed by atoms with van der Waals surface area (Å²) in [4.78, 5) is 5.27. The van der Waals surface area contributed by atoms with Crippen LogP contribution in [0.2, 0.25) is 0 Å². The van der Waals surface area contributed by atoms with Gasteiger partial charge in [0.05, 0.1) is 0 Å². The predicted octanol–water partition coefficient (Wildman–Crippen LogP) is 17.6. The molecule has 11 rings (SSSR count). The second-order valence-corrected chi connectivity index (χ2v) is 24.7. The van der Waals surface area contributed by atoms with E-state index in [1.54, 1.807) is 0 Å². The van der Waals surface area contributed by atoms with Gasteiger partial charge in [0, 0.05) is 34.1 Å². The maximum atomic E-state index is 2.64. The standard InChI is InChI=1S/C70H69BN2/c1-67(2,3)51-40-52(68(4,5)6)43-55(42-51)72-61-34-23-22-33-59(61)71-60-37-49(46-25-16-13-17-26-46)35-36-62(60)73(56-44-53(69(7,8)9)41-54(45-56)70(10,11)12)64-39-50(38-63(72)66(64)71)65-57(47-27-18-14-19-28-47)31-24-32-58(65)48-29-20-15-21-30-48/h13-45H,1-12H3. The number of fused-ring (bicyclic) bond motifs is 4. The van der Waals surface area contributed by atoms with Gasteiger partial charge >= 0.3 is 0 Å². The highest BCUT2D eigenvalue weighted by atomic mass is 15.2. The van der Waals surface area contributed by atoms with Crippen molar-refractivity contribution in [1.82, 2.24) is 0 Å². The topological polar surface area (TPSA) is 6.48 Å². The van der Waals surface area contributed by atoms with Crippen LogP contribution in [0.3, 0.4) is 0 Å². The summed E-state index contributed by atoms with van der Waals surface area (Å²) < 4.78 is 0. The molecule has 3 heteroatoms. The number of para-hydroxylation sites is 1. The summed E-state index contributed by atoms with van der Waals surface area (Å²) in [6.45, 7) is 28.2. The molecular weight excluding hydrogens is 880 g/mol. The lowest BCUT2D eigenvalue weighted by Gasteiger charge is -2.45. The summed E-state index contributed by atoms with van der Waals surface area (Å²) >= 11 is 0. The quantitative estimate of drug-likeness (QED) is 0.153. The van der Waals surface area contributed by atoms with Crippen molar-refractivity contribution >= 4 is 57.2 Å². The molecule has 2 aliphatic rings. The molecule has 73 heavy (non-hydrogen) atoms. The van der Waals surface area contributed by atoms with Crippen LogP contribution in [0.5, 0.6) is 0 Å². The Labute approximate surface area is 436 Å². The van der Waals surface area contributed by atoms with E-state index < -0.39 is 0 Å². The third-order valence-electron chi connectivity index (χ3n) is 15.4. The first kappa shape index (κ1) is 47.9. The second kappa shape index (κ2) is 17.7. The zero-order valence-corrected chi connectivity index (χ0v) is 45.0. The van der Waals surface area contributed by atoms with Crippen LogP contribution in [0.25, 0.3) is 44.5 Å². The Bertz CT molecular complexity index is 3400. The number of anilines is 6. The van der Waals surface area contributed by atoms with Gasteiger partial charge < -0.3 is 9.80 Å². The molecule has 0 aromatic heterocycles. The maximum Gasteiger partial charge on any atom is 0.252 e. The molecule has 0 aliphatic carbocycles. The van der Waals surface area contributed by atoms with Gasteiger partial charge in [-0.1, -0.05) is 235 Å². The van der Waals surface area contributed by atoms with E-state index >= 15 is 0 Å². The molecule has 362 valence electrons. The van der Waals surface area contributed by atoms with Crippen LogP contribution < -0.4 is 26.2 Å². The molecule has 0 N–H and O–H groups in total. The predicted molar refractivity (Wildman–Crippen MR) is 317 cm³/mol. The molecule has 9 aromatic carbocycles. The Kier molecular flexibility index (Phi) is 11.6. The van der Waals surface area contributed by atoms with Crippen molar-refractivity contribution in [2.75, 3.05) is 9.80 Å². The van der Waals surface area contributed by atoms with E-state index in [-0.39, 0.29) is 28.4 Å². The molecule has 0 bridgehead atoms. The van der Waals surface area contributed by atoms with Crippen LogP contribution in [0.1, 0.15) is 105 Å². The van der Waals surface area contributed by atoms with Crippen molar-refractivity contribution in [3.05, 3.63) is 222 Å². The van der Waals surface area contributed by atoms with E-state index in [0.29, 0.717) is 0 Å². The molecule has 0 spiro atoms. The molecule has 2 nitrogen and oxygen atoms in total. The summed E-state index contributed by atoms with van der Waals surface area (Å²) in [5.41, 5.74) is 25.7. The highest BCUT2D eigenvalue weighted by Gasteiger charge is 2.44. The minimum Gasteiger partial charge on any atom is -0.311 e.